The van der Waals surface area contributed by atoms with Crippen molar-refractivity contribution >= 4 is 33.1 Å². The maximum absolute atomic E-state index is 13.7. The van der Waals surface area contributed by atoms with Crippen LogP contribution in [0, 0.1) is 5.82 Å². The molecule has 0 aliphatic heterocycles. The molecule has 2 aromatic rings. The highest BCUT2D eigenvalue weighted by Crippen LogP contribution is 2.20. The van der Waals surface area contributed by atoms with Gasteiger partial charge in [-0.1, -0.05) is 12.2 Å². The molecule has 0 unspecified atom stereocenters. The fourth-order valence-electron chi connectivity index (χ4n) is 1.47. The predicted molar refractivity (Wildman–Crippen MR) is 78.6 cm³/mol. The summed E-state index contributed by atoms with van der Waals surface area (Å²) >= 11 is 8.09. The number of hydrogen-bond acceptors (Lipinski definition) is 3. The second-order valence-corrected chi connectivity index (χ2v) is 5.17. The second kappa shape index (κ2) is 6.08. The summed E-state index contributed by atoms with van der Waals surface area (Å²) in [5.41, 5.74) is 6.74. The molecule has 0 atom stereocenters. The van der Waals surface area contributed by atoms with E-state index in [2.05, 4.69) is 20.9 Å². The van der Waals surface area contributed by atoms with Gasteiger partial charge in [-0.25, -0.2) is 4.39 Å². The monoisotopic (exact) mass is 340 g/mol. The maximum Gasteiger partial charge on any atom is 0.165 e. The van der Waals surface area contributed by atoms with Gasteiger partial charge in [-0.15, -0.1) is 0 Å². The Morgan fingerprint density at radius 3 is 2.79 bits per heavy atom. The number of pyridine rings is 1. The number of nitrogens with two attached hydrogens (primary N) is 1. The smallest absolute Gasteiger partial charge is 0.165 e. The van der Waals surface area contributed by atoms with Gasteiger partial charge < -0.3 is 10.5 Å². The summed E-state index contributed by atoms with van der Waals surface area (Å²) in [5, 5.41) is 0. The molecule has 1 heterocycles. The Bertz CT molecular complexity index is 621. The van der Waals surface area contributed by atoms with E-state index >= 15 is 0 Å². The minimum Gasteiger partial charge on any atom is -0.486 e. The van der Waals surface area contributed by atoms with Crippen molar-refractivity contribution < 1.29 is 9.13 Å². The zero-order valence-electron chi connectivity index (χ0n) is 9.77. The van der Waals surface area contributed by atoms with Gasteiger partial charge in [-0.2, -0.15) is 0 Å². The molecule has 0 aliphatic carbocycles. The first-order chi connectivity index (χ1) is 9.06. The van der Waals surface area contributed by atoms with Gasteiger partial charge in [0.15, 0.2) is 11.6 Å². The molecule has 0 spiro atoms. The zero-order chi connectivity index (χ0) is 13.8. The number of hydrogen-bond donors (Lipinski definition) is 1. The van der Waals surface area contributed by atoms with E-state index in [0.717, 1.165) is 10.0 Å². The van der Waals surface area contributed by atoms with E-state index in [-0.39, 0.29) is 17.3 Å². The molecule has 0 bridgehead atoms. The SMILES string of the molecule is NC(=S)c1ccc(OCc2cncc(Br)c2)c(F)c1. The topological polar surface area (TPSA) is 48.1 Å². The van der Waals surface area contributed by atoms with E-state index in [4.69, 9.17) is 22.7 Å². The van der Waals surface area contributed by atoms with Crippen molar-refractivity contribution in [2.45, 2.75) is 6.61 Å². The lowest BCUT2D eigenvalue weighted by Gasteiger charge is -2.08. The van der Waals surface area contributed by atoms with Crippen molar-refractivity contribution in [3.63, 3.8) is 0 Å². The molecule has 3 nitrogen and oxygen atoms in total. The quantitative estimate of drug-likeness (QED) is 0.868. The summed E-state index contributed by atoms with van der Waals surface area (Å²) in [4.78, 5) is 4.16. The molecular formula is C13H10BrFN2OS. The maximum atomic E-state index is 13.7. The molecule has 19 heavy (non-hydrogen) atoms. The Balaban J connectivity index is 2.10. The van der Waals surface area contributed by atoms with Gasteiger partial charge in [0.05, 0.1) is 0 Å². The van der Waals surface area contributed by atoms with Crippen LogP contribution >= 0.6 is 28.1 Å². The summed E-state index contributed by atoms with van der Waals surface area (Å²) < 4.78 is 20.0. The van der Waals surface area contributed by atoms with Crippen molar-refractivity contribution in [3.8, 4) is 5.75 Å². The van der Waals surface area contributed by atoms with Gasteiger partial charge in [-0.3, -0.25) is 4.98 Å². The third kappa shape index (κ3) is 3.71. The summed E-state index contributed by atoms with van der Waals surface area (Å²) in [5.74, 6) is -0.340. The summed E-state index contributed by atoms with van der Waals surface area (Å²) in [7, 11) is 0. The van der Waals surface area contributed by atoms with Crippen LogP contribution in [-0.2, 0) is 6.61 Å². The molecule has 2 rings (SSSR count). The molecule has 1 aromatic heterocycles. The number of ether oxygens (including phenoxy) is 1. The number of nitrogens with zero attached hydrogens (tertiary/aromatic N) is 1. The molecular weight excluding hydrogens is 331 g/mol. The van der Waals surface area contributed by atoms with E-state index in [1.807, 2.05) is 6.07 Å². The van der Waals surface area contributed by atoms with Crippen molar-refractivity contribution in [1.82, 2.24) is 4.98 Å². The van der Waals surface area contributed by atoms with Crippen molar-refractivity contribution in [3.05, 3.63) is 58.1 Å². The van der Waals surface area contributed by atoms with Crippen LogP contribution in [0.2, 0.25) is 0 Å². The lowest BCUT2D eigenvalue weighted by atomic mass is 10.2. The van der Waals surface area contributed by atoms with Gasteiger partial charge in [0.1, 0.15) is 11.6 Å². The second-order valence-electron chi connectivity index (χ2n) is 3.81. The molecule has 2 N–H and O–H groups in total. The minimum atomic E-state index is -0.492. The van der Waals surface area contributed by atoms with Crippen LogP contribution in [0.25, 0.3) is 0 Å². The fraction of sp³-hybridized carbons (Fsp3) is 0.0769. The standard InChI is InChI=1S/C13H10BrFN2OS/c14-10-3-8(5-17-6-10)7-18-12-2-1-9(13(16)19)4-11(12)15/h1-6H,7H2,(H2,16,19). The number of thiocarbonyl (C=S) groups is 1. The van der Waals surface area contributed by atoms with Crippen molar-refractivity contribution in [2.75, 3.05) is 0 Å². The summed E-state index contributed by atoms with van der Waals surface area (Å²) in [6, 6.07) is 6.25. The van der Waals surface area contributed by atoms with E-state index in [1.54, 1.807) is 18.5 Å². The van der Waals surface area contributed by atoms with E-state index in [0.29, 0.717) is 5.56 Å². The third-order valence-corrected chi connectivity index (χ3v) is 3.04. The molecule has 0 fully saturated rings. The van der Waals surface area contributed by atoms with Crippen molar-refractivity contribution in [1.29, 1.82) is 0 Å². The molecule has 98 valence electrons. The molecule has 6 heteroatoms. The number of benzene rings is 1. The first kappa shape index (κ1) is 13.9. The Labute approximate surface area is 123 Å². The lowest BCUT2D eigenvalue weighted by Crippen LogP contribution is -2.09. The van der Waals surface area contributed by atoms with Crippen LogP contribution in [0.4, 0.5) is 4.39 Å². The molecule has 0 radical (unpaired) electrons. The largest absolute Gasteiger partial charge is 0.486 e. The predicted octanol–water partition coefficient (Wildman–Crippen LogP) is 3.20. The Morgan fingerprint density at radius 1 is 1.37 bits per heavy atom. The highest BCUT2D eigenvalue weighted by molar-refractivity contribution is 9.10. The highest BCUT2D eigenvalue weighted by Gasteiger charge is 2.07. The summed E-state index contributed by atoms with van der Waals surface area (Å²) in [6.45, 7) is 0.232. The first-order valence-corrected chi connectivity index (χ1v) is 6.58. The van der Waals surface area contributed by atoms with Crippen LogP contribution in [0.15, 0.2) is 41.1 Å². The van der Waals surface area contributed by atoms with Gasteiger partial charge >= 0.3 is 0 Å². The van der Waals surface area contributed by atoms with Crippen LogP contribution in [0.3, 0.4) is 0 Å². The normalized spacial score (nSPS) is 10.2. The molecule has 0 aliphatic rings. The molecule has 1 aromatic carbocycles. The van der Waals surface area contributed by atoms with Gasteiger partial charge in [-0.05, 0) is 40.2 Å². The average molecular weight is 341 g/mol. The fourth-order valence-corrected chi connectivity index (χ4v) is 2.01. The van der Waals surface area contributed by atoms with Gasteiger partial charge in [0, 0.05) is 28.0 Å². The van der Waals surface area contributed by atoms with E-state index in [9.17, 15) is 4.39 Å². The van der Waals surface area contributed by atoms with Gasteiger partial charge in [0.25, 0.3) is 0 Å². The Kier molecular flexibility index (Phi) is 4.44. The average Bonchev–Trinajstić information content (AvgIpc) is 2.37. The zero-order valence-corrected chi connectivity index (χ0v) is 12.2. The van der Waals surface area contributed by atoms with Gasteiger partial charge in [0.2, 0.25) is 0 Å². The lowest BCUT2D eigenvalue weighted by molar-refractivity contribution is 0.290. The number of halogens is 2. The van der Waals surface area contributed by atoms with Crippen LogP contribution < -0.4 is 10.5 Å². The first-order valence-electron chi connectivity index (χ1n) is 5.38. The van der Waals surface area contributed by atoms with Crippen LogP contribution in [-0.4, -0.2) is 9.97 Å². The van der Waals surface area contributed by atoms with Crippen molar-refractivity contribution in [2.24, 2.45) is 5.73 Å². The number of aromatic nitrogens is 1. The minimum absolute atomic E-state index is 0.153. The molecule has 0 amide bonds. The molecule has 0 saturated carbocycles. The Hall–Kier alpha value is -1.53. The van der Waals surface area contributed by atoms with Crippen LogP contribution in [0.1, 0.15) is 11.1 Å². The highest BCUT2D eigenvalue weighted by atomic mass is 79.9. The molecule has 0 saturated heterocycles. The summed E-state index contributed by atoms with van der Waals surface area (Å²) in [6.07, 6.45) is 3.33. The number of rotatable bonds is 4. The van der Waals surface area contributed by atoms with E-state index < -0.39 is 5.82 Å². The third-order valence-electron chi connectivity index (χ3n) is 2.37. The van der Waals surface area contributed by atoms with E-state index in [1.165, 1.54) is 12.1 Å². The van der Waals surface area contributed by atoms with Crippen LogP contribution in [0.5, 0.6) is 5.75 Å². The Morgan fingerprint density at radius 2 is 2.16 bits per heavy atom.